The second kappa shape index (κ2) is 12.4. The molecule has 16 heavy (non-hydrogen) atoms. The summed E-state index contributed by atoms with van der Waals surface area (Å²) in [6.07, 6.45) is 1.16. The number of aliphatic imine (C=N–C) groups is 1. The maximum Gasteiger partial charge on any atom is 0.320 e. The number of hydrogen-bond acceptors (Lipinski definition) is 3. The summed E-state index contributed by atoms with van der Waals surface area (Å²) in [4.78, 5) is 14.3. The predicted molar refractivity (Wildman–Crippen MR) is 69.8 cm³/mol. The molecule has 0 spiro atoms. The van der Waals surface area contributed by atoms with Crippen LogP contribution in [0, 0.1) is 0 Å². The Labute approximate surface area is 108 Å². The van der Waals surface area contributed by atoms with Crippen LogP contribution in [0.25, 0.3) is 0 Å². The fourth-order valence-electron chi connectivity index (χ4n) is 0.931. The highest BCUT2D eigenvalue weighted by Crippen LogP contribution is 1.92. The number of hydrogen-bond donors (Lipinski definition) is 4. The molecular weight excluding hydrogens is 255 g/mol. The van der Waals surface area contributed by atoms with Crippen LogP contribution in [0.4, 0.5) is 0 Å². The lowest BCUT2D eigenvalue weighted by atomic mass is 10.2. The number of carboxylic acids is 1. The standard InChI is InChI=1S/C8H18N4O2.2ClH/c1-10-8(11-2)12-5-3-4-6(9)7(13)14;;/h6H,3-5,9H2,1-2H3,(H,13,14)(H2,10,11,12);2*1H/t6-;;/m0../s1. The number of carbonyl (C=O) groups is 1. The van der Waals surface area contributed by atoms with E-state index < -0.39 is 12.0 Å². The Kier molecular flexibility index (Phi) is 15.9. The van der Waals surface area contributed by atoms with E-state index in [1.54, 1.807) is 14.1 Å². The maximum atomic E-state index is 10.4. The molecule has 0 radical (unpaired) electrons. The van der Waals surface area contributed by atoms with Gasteiger partial charge in [-0.2, -0.15) is 0 Å². The molecule has 5 N–H and O–H groups in total. The quantitative estimate of drug-likeness (QED) is 0.317. The average molecular weight is 275 g/mol. The van der Waals surface area contributed by atoms with E-state index in [-0.39, 0.29) is 24.8 Å². The predicted octanol–water partition coefficient (Wildman–Crippen LogP) is -0.183. The summed E-state index contributed by atoms with van der Waals surface area (Å²) in [5, 5.41) is 14.4. The molecule has 0 rings (SSSR count). The largest absolute Gasteiger partial charge is 0.480 e. The number of rotatable bonds is 5. The normalized spacial score (nSPS) is 11.8. The lowest BCUT2D eigenvalue weighted by Crippen LogP contribution is -2.36. The number of carboxylic acid groups (broad SMARTS) is 1. The Morgan fingerprint density at radius 3 is 2.44 bits per heavy atom. The van der Waals surface area contributed by atoms with Crippen molar-refractivity contribution >= 4 is 36.7 Å². The van der Waals surface area contributed by atoms with E-state index in [2.05, 4.69) is 15.6 Å². The first-order valence-corrected chi connectivity index (χ1v) is 4.48. The zero-order valence-corrected chi connectivity index (χ0v) is 11.0. The van der Waals surface area contributed by atoms with E-state index in [0.717, 1.165) is 0 Å². The van der Waals surface area contributed by atoms with Crippen molar-refractivity contribution in [3.8, 4) is 0 Å². The molecule has 98 valence electrons. The number of aliphatic carboxylic acids is 1. The van der Waals surface area contributed by atoms with Gasteiger partial charge in [0.1, 0.15) is 6.04 Å². The summed E-state index contributed by atoms with van der Waals surface area (Å²) >= 11 is 0. The number of guanidine groups is 1. The highest BCUT2D eigenvalue weighted by Gasteiger charge is 2.09. The summed E-state index contributed by atoms with van der Waals surface area (Å²) < 4.78 is 0. The smallest absolute Gasteiger partial charge is 0.320 e. The molecular formula is C8H20Cl2N4O2. The molecule has 0 aromatic heterocycles. The van der Waals surface area contributed by atoms with Crippen molar-refractivity contribution in [2.24, 2.45) is 10.7 Å². The summed E-state index contributed by atoms with van der Waals surface area (Å²) in [5.41, 5.74) is 5.33. The maximum absolute atomic E-state index is 10.4. The Hall–Kier alpha value is -0.720. The third-order valence-corrected chi connectivity index (χ3v) is 1.76. The molecule has 0 aliphatic carbocycles. The first-order valence-electron chi connectivity index (χ1n) is 4.48. The summed E-state index contributed by atoms with van der Waals surface area (Å²) in [7, 11) is 3.43. The second-order valence-corrected chi connectivity index (χ2v) is 2.84. The van der Waals surface area contributed by atoms with Gasteiger partial charge in [0.15, 0.2) is 5.96 Å². The molecule has 0 bridgehead atoms. The first-order chi connectivity index (χ1) is 6.61. The van der Waals surface area contributed by atoms with E-state index in [0.29, 0.717) is 25.3 Å². The van der Waals surface area contributed by atoms with Crippen LogP contribution in [0.5, 0.6) is 0 Å². The zero-order chi connectivity index (χ0) is 11.0. The van der Waals surface area contributed by atoms with Gasteiger partial charge < -0.3 is 21.5 Å². The van der Waals surface area contributed by atoms with E-state index in [1.807, 2.05) is 0 Å². The van der Waals surface area contributed by atoms with Gasteiger partial charge in [-0.15, -0.1) is 24.8 Å². The minimum Gasteiger partial charge on any atom is -0.480 e. The van der Waals surface area contributed by atoms with E-state index in [4.69, 9.17) is 10.8 Å². The Morgan fingerprint density at radius 2 is 2.06 bits per heavy atom. The minimum atomic E-state index is -0.956. The first kappa shape index (κ1) is 20.7. The fraction of sp³-hybridized carbons (Fsp3) is 0.750. The van der Waals surface area contributed by atoms with Crippen LogP contribution in [-0.4, -0.2) is 43.7 Å². The number of nitrogens with one attached hydrogen (secondary N) is 2. The van der Waals surface area contributed by atoms with Crippen LogP contribution in [-0.2, 0) is 4.79 Å². The van der Waals surface area contributed by atoms with E-state index in [1.165, 1.54) is 0 Å². The van der Waals surface area contributed by atoms with Crippen LogP contribution in [0.2, 0.25) is 0 Å². The Balaban J connectivity index is -0.000000845. The van der Waals surface area contributed by atoms with Crippen LogP contribution >= 0.6 is 24.8 Å². The molecule has 6 nitrogen and oxygen atoms in total. The zero-order valence-electron chi connectivity index (χ0n) is 9.40. The second-order valence-electron chi connectivity index (χ2n) is 2.84. The Morgan fingerprint density at radius 1 is 1.50 bits per heavy atom. The Bertz CT molecular complexity index is 214. The molecule has 0 aliphatic heterocycles. The lowest BCUT2D eigenvalue weighted by molar-refractivity contribution is -0.138. The molecule has 0 amide bonds. The topological polar surface area (TPSA) is 99.7 Å². The van der Waals surface area contributed by atoms with E-state index >= 15 is 0 Å². The molecule has 0 saturated heterocycles. The van der Waals surface area contributed by atoms with Gasteiger partial charge >= 0.3 is 5.97 Å². The van der Waals surface area contributed by atoms with Crippen molar-refractivity contribution in [3.63, 3.8) is 0 Å². The van der Waals surface area contributed by atoms with Crippen molar-refractivity contribution in [2.45, 2.75) is 18.9 Å². The van der Waals surface area contributed by atoms with Gasteiger partial charge in [0.25, 0.3) is 0 Å². The third kappa shape index (κ3) is 9.82. The molecule has 0 heterocycles. The van der Waals surface area contributed by atoms with Crippen molar-refractivity contribution in [1.29, 1.82) is 0 Å². The van der Waals surface area contributed by atoms with Crippen molar-refractivity contribution < 1.29 is 9.90 Å². The average Bonchev–Trinajstić information content (AvgIpc) is 2.17. The third-order valence-electron chi connectivity index (χ3n) is 1.76. The highest BCUT2D eigenvalue weighted by atomic mass is 35.5. The van der Waals surface area contributed by atoms with Crippen molar-refractivity contribution in [2.75, 3.05) is 20.6 Å². The van der Waals surface area contributed by atoms with Crippen LogP contribution in [0.15, 0.2) is 4.99 Å². The fourth-order valence-corrected chi connectivity index (χ4v) is 0.931. The van der Waals surface area contributed by atoms with Crippen molar-refractivity contribution in [1.82, 2.24) is 10.6 Å². The van der Waals surface area contributed by atoms with Gasteiger partial charge in [0, 0.05) is 20.6 Å². The molecule has 0 aromatic rings. The number of halogens is 2. The summed E-state index contributed by atoms with van der Waals surface area (Å²) in [6, 6.07) is -0.770. The van der Waals surface area contributed by atoms with Gasteiger partial charge in [0.2, 0.25) is 0 Å². The van der Waals surface area contributed by atoms with E-state index in [9.17, 15) is 4.79 Å². The highest BCUT2D eigenvalue weighted by molar-refractivity contribution is 5.85. The minimum absolute atomic E-state index is 0. The molecule has 1 atom stereocenters. The number of nitrogens with zero attached hydrogens (tertiary/aromatic N) is 1. The molecule has 0 unspecified atom stereocenters. The lowest BCUT2D eigenvalue weighted by Gasteiger charge is -2.09. The van der Waals surface area contributed by atoms with Gasteiger partial charge in [-0.05, 0) is 12.8 Å². The van der Waals surface area contributed by atoms with Crippen LogP contribution in [0.3, 0.4) is 0 Å². The monoisotopic (exact) mass is 274 g/mol. The molecule has 0 saturated carbocycles. The van der Waals surface area contributed by atoms with Crippen molar-refractivity contribution in [3.05, 3.63) is 0 Å². The molecule has 0 aromatic carbocycles. The van der Waals surface area contributed by atoms with Crippen LogP contribution in [0.1, 0.15) is 12.8 Å². The summed E-state index contributed by atoms with van der Waals surface area (Å²) in [5.74, 6) is -0.267. The molecule has 0 aliphatic rings. The van der Waals surface area contributed by atoms with Gasteiger partial charge in [0.05, 0.1) is 0 Å². The SMILES string of the molecule is CN=C(NC)NCCC[C@H](N)C(=O)O.Cl.Cl. The summed E-state index contributed by atoms with van der Waals surface area (Å²) in [6.45, 7) is 0.661. The molecule has 8 heteroatoms. The van der Waals surface area contributed by atoms with Crippen LogP contribution < -0.4 is 16.4 Å². The van der Waals surface area contributed by atoms with Gasteiger partial charge in [-0.25, -0.2) is 0 Å². The van der Waals surface area contributed by atoms with Gasteiger partial charge in [-0.1, -0.05) is 0 Å². The number of nitrogens with two attached hydrogens (primary N) is 1. The molecule has 0 fully saturated rings. The van der Waals surface area contributed by atoms with Gasteiger partial charge in [-0.3, -0.25) is 9.79 Å².